The Bertz CT molecular complexity index is 4440. The molecule has 0 N–H and O–H groups in total. The molecule has 11 rings (SSSR count). The molecular formula is C82H84F6N4O13. The summed E-state index contributed by atoms with van der Waals surface area (Å²) in [5.74, 6) is 0.808. The molecule has 105 heavy (non-hydrogen) atoms. The molecule has 2 aliphatic rings. The molecule has 552 valence electrons. The second-order valence-electron chi connectivity index (χ2n) is 27.4. The summed E-state index contributed by atoms with van der Waals surface area (Å²) in [6, 6.07) is 44.9. The van der Waals surface area contributed by atoms with Crippen LogP contribution in [0, 0.1) is 5.41 Å². The van der Waals surface area contributed by atoms with Gasteiger partial charge in [-0.1, -0.05) is 127 Å². The molecule has 17 nitrogen and oxygen atoms in total. The summed E-state index contributed by atoms with van der Waals surface area (Å²) in [4.78, 5) is 49.2. The van der Waals surface area contributed by atoms with E-state index in [-0.39, 0.29) is 89.7 Å². The summed E-state index contributed by atoms with van der Waals surface area (Å²) in [5.41, 5.74) is 10.6. The Balaban J connectivity index is 0.000000183. The second kappa shape index (κ2) is 35.0. The fourth-order valence-corrected chi connectivity index (χ4v) is 12.2. The van der Waals surface area contributed by atoms with Gasteiger partial charge in [0, 0.05) is 79.4 Å². The van der Waals surface area contributed by atoms with Gasteiger partial charge in [-0.15, -0.1) is 26.3 Å². The number of ketones is 3. The van der Waals surface area contributed by atoms with Crippen LogP contribution in [0.15, 0.2) is 203 Å². The van der Waals surface area contributed by atoms with Gasteiger partial charge in [-0.3, -0.25) is 14.4 Å². The quantitative estimate of drug-likeness (QED) is 0.0462. The zero-order chi connectivity index (χ0) is 75.6. The third-order valence-electron chi connectivity index (χ3n) is 17.3. The number of carbonyl (C=O) groups excluding carboxylic acids is 4. The van der Waals surface area contributed by atoms with Crippen LogP contribution in [0.2, 0.25) is 0 Å². The van der Waals surface area contributed by atoms with E-state index in [2.05, 4.69) is 49.7 Å². The number of nitrogens with zero attached hydrogens (tertiary/aromatic N) is 4. The highest BCUT2D eigenvalue weighted by atomic mass is 19.4. The van der Waals surface area contributed by atoms with Gasteiger partial charge in [-0.25, -0.2) is 4.79 Å². The van der Waals surface area contributed by atoms with Crippen LogP contribution in [0.4, 0.5) is 31.1 Å². The fourth-order valence-electron chi connectivity index (χ4n) is 12.2. The second-order valence-corrected chi connectivity index (χ2v) is 27.4. The third-order valence-corrected chi connectivity index (χ3v) is 17.3. The number of carbonyl (C=O) groups is 4. The van der Waals surface area contributed by atoms with E-state index in [0.717, 1.165) is 64.1 Å². The number of amides is 1. The maximum Gasteiger partial charge on any atom is 0.573 e. The van der Waals surface area contributed by atoms with Crippen molar-refractivity contribution < 1.29 is 87.5 Å². The third kappa shape index (κ3) is 23.5. The van der Waals surface area contributed by atoms with Crippen LogP contribution < -0.4 is 23.7 Å². The van der Waals surface area contributed by atoms with E-state index in [1.807, 2.05) is 101 Å². The SMILES string of the molecule is C=C(C)c1ccc(COc2ccc([C@H](CC(C)=O)c3ccon3)cc2)cc1OC(F)(F)F.CC(=O)C[C@@H](c1ccc(OCc2ccc(C3=CCCC3(C)C)c(OC(F)(F)F)c2)cc1)c1ccon1.CC(=O)C[C@@H](c1ccc(OCc2cccc(C3=CCN(C(=O)OC(C)(C)C)CC3)c2)cc1)c1ccon1. The number of ether oxygens (including phenoxy) is 6. The standard InChI is InChI=1S/C30H34N2O5.C28H28F3NO4.C24H22F3NO4/c1-21(33)18-27(28-14-17-36-31-28)24-8-10-26(11-9-24)35-20-22-6-5-7-25(19-22)23-12-15-32(16-13-23)29(34)37-30(2,3)4;1-18(33)15-23(25-12-14-35-32-25)20-7-9-21(10-8-20)34-17-19-6-11-22(24-5-4-13-27(24,2)3)26(16-19)36-28(29,30)31;1-15(2)20-9-4-17(13-23(20)32-24(25,26)27)14-30-19-7-5-18(6-8-19)21(12-16(3)29)22-10-11-31-28-22/h5-12,14,17,19,27H,13,15-16,18,20H2,1-4H3;5-12,14,16,23H,4,13,15,17H2,1-3H3;4-11,13,21H,1,12,14H2,2-3H3/t27-;23-;21-/m000/s1. The molecule has 3 aromatic heterocycles. The number of aromatic nitrogens is 3. The lowest BCUT2D eigenvalue weighted by Gasteiger charge is -2.29. The van der Waals surface area contributed by atoms with Crippen LogP contribution in [0.1, 0.15) is 186 Å². The van der Waals surface area contributed by atoms with Gasteiger partial charge < -0.3 is 46.9 Å². The summed E-state index contributed by atoms with van der Waals surface area (Å²) in [5, 5.41) is 11.9. The molecule has 6 aromatic carbocycles. The number of allylic oxidation sites excluding steroid dienone is 3. The summed E-state index contributed by atoms with van der Waals surface area (Å²) in [6.45, 7) is 21.3. The molecule has 0 saturated carbocycles. The fraction of sp³-hybridized carbons (Fsp3) is 0.329. The molecule has 4 heterocycles. The first-order valence-corrected chi connectivity index (χ1v) is 34.1. The predicted octanol–water partition coefficient (Wildman–Crippen LogP) is 20.2. The summed E-state index contributed by atoms with van der Waals surface area (Å²) in [7, 11) is 0. The van der Waals surface area contributed by atoms with Crippen LogP contribution in [0.5, 0.6) is 28.7 Å². The minimum absolute atomic E-state index is 0.0217. The Hall–Kier alpha value is -11.0. The molecule has 0 unspecified atom stereocenters. The average Bonchev–Trinajstić information content (AvgIpc) is 1.73. The van der Waals surface area contributed by atoms with Crippen molar-refractivity contribution >= 4 is 40.2 Å². The summed E-state index contributed by atoms with van der Waals surface area (Å²) < 4.78 is 124. The van der Waals surface area contributed by atoms with Gasteiger partial charge in [0.25, 0.3) is 0 Å². The molecule has 1 aliphatic carbocycles. The monoisotopic (exact) mass is 1450 g/mol. The molecule has 1 amide bonds. The normalized spacial score (nSPS) is 14.3. The first-order chi connectivity index (χ1) is 49.8. The number of benzene rings is 6. The Morgan fingerprint density at radius 3 is 1.34 bits per heavy atom. The minimum Gasteiger partial charge on any atom is -0.489 e. The Morgan fingerprint density at radius 1 is 0.543 bits per heavy atom. The van der Waals surface area contributed by atoms with Crippen molar-refractivity contribution in [3.63, 3.8) is 0 Å². The van der Waals surface area contributed by atoms with E-state index in [1.54, 1.807) is 79.4 Å². The molecule has 9 aromatic rings. The van der Waals surface area contributed by atoms with E-state index in [1.165, 1.54) is 56.4 Å². The molecule has 23 heteroatoms. The van der Waals surface area contributed by atoms with Crippen LogP contribution >= 0.6 is 0 Å². The smallest absolute Gasteiger partial charge is 0.489 e. The van der Waals surface area contributed by atoms with Gasteiger partial charge in [0.05, 0.1) is 17.1 Å². The summed E-state index contributed by atoms with van der Waals surface area (Å²) >= 11 is 0. The lowest BCUT2D eigenvalue weighted by Crippen LogP contribution is -2.39. The molecule has 0 saturated heterocycles. The van der Waals surface area contributed by atoms with Crippen molar-refractivity contribution in [3.8, 4) is 28.7 Å². The van der Waals surface area contributed by atoms with Gasteiger partial charge in [0.2, 0.25) is 0 Å². The highest BCUT2D eigenvalue weighted by Gasteiger charge is 2.37. The van der Waals surface area contributed by atoms with Crippen LogP contribution in [-0.4, -0.2) is 75.2 Å². The summed E-state index contributed by atoms with van der Waals surface area (Å²) in [6.07, 6.45) is 2.04. The van der Waals surface area contributed by atoms with Crippen molar-refractivity contribution in [3.05, 3.63) is 256 Å². The van der Waals surface area contributed by atoms with E-state index in [0.29, 0.717) is 71.3 Å². The molecular weight excluding hydrogens is 1360 g/mol. The number of Topliss-reactive ketones (excluding diaryl/α,β-unsaturated/α-hetero) is 3. The maximum atomic E-state index is 13.2. The van der Waals surface area contributed by atoms with Crippen molar-refractivity contribution in [1.29, 1.82) is 0 Å². The number of halogens is 6. The molecule has 0 fully saturated rings. The number of hydrogen-bond donors (Lipinski definition) is 0. The largest absolute Gasteiger partial charge is 0.573 e. The van der Waals surface area contributed by atoms with Gasteiger partial charge in [0.15, 0.2) is 0 Å². The Morgan fingerprint density at radius 2 is 0.971 bits per heavy atom. The molecule has 0 bridgehead atoms. The molecule has 1 aliphatic heterocycles. The number of hydrogen-bond acceptors (Lipinski definition) is 16. The predicted molar refractivity (Wildman–Crippen MR) is 382 cm³/mol. The zero-order valence-corrected chi connectivity index (χ0v) is 59.9. The van der Waals surface area contributed by atoms with Gasteiger partial charge in [0.1, 0.15) is 90.3 Å². The minimum atomic E-state index is -4.81. The van der Waals surface area contributed by atoms with Crippen LogP contribution in [0.3, 0.4) is 0 Å². The van der Waals surface area contributed by atoms with Crippen molar-refractivity contribution in [1.82, 2.24) is 20.4 Å². The zero-order valence-electron chi connectivity index (χ0n) is 59.9. The van der Waals surface area contributed by atoms with Gasteiger partial charge in [-0.2, -0.15) is 0 Å². The van der Waals surface area contributed by atoms with Crippen molar-refractivity contribution in [2.24, 2.45) is 5.41 Å². The van der Waals surface area contributed by atoms with Crippen LogP contribution in [-0.2, 0) is 38.9 Å². The van der Waals surface area contributed by atoms with E-state index in [4.69, 9.17) is 32.5 Å². The first-order valence-electron chi connectivity index (χ1n) is 34.1. The van der Waals surface area contributed by atoms with Gasteiger partial charge in [-0.05, 0) is 183 Å². The Kier molecular flexibility index (Phi) is 26.1. The van der Waals surface area contributed by atoms with E-state index >= 15 is 0 Å². The molecule has 0 radical (unpaired) electrons. The highest BCUT2D eigenvalue weighted by molar-refractivity contribution is 5.79. The van der Waals surface area contributed by atoms with Crippen molar-refractivity contribution in [2.45, 2.75) is 157 Å². The highest BCUT2D eigenvalue weighted by Crippen LogP contribution is 2.48. The molecule has 0 spiro atoms. The lowest BCUT2D eigenvalue weighted by molar-refractivity contribution is -0.275. The van der Waals surface area contributed by atoms with Gasteiger partial charge >= 0.3 is 18.8 Å². The molecule has 3 atom stereocenters. The topological polar surface area (TPSA) is 205 Å². The number of rotatable bonds is 26. The first kappa shape index (κ1) is 78.2. The van der Waals surface area contributed by atoms with E-state index in [9.17, 15) is 45.5 Å². The van der Waals surface area contributed by atoms with E-state index < -0.39 is 18.3 Å². The van der Waals surface area contributed by atoms with Crippen molar-refractivity contribution in [2.75, 3.05) is 13.1 Å². The lowest BCUT2D eigenvalue weighted by atomic mass is 9.81. The maximum absolute atomic E-state index is 13.2. The van der Waals surface area contributed by atoms with Crippen LogP contribution in [0.25, 0.3) is 16.7 Å². The number of alkyl halides is 6. The average molecular weight is 1450 g/mol. The Labute approximate surface area is 605 Å².